The number of alkyl halides is 3. The third kappa shape index (κ3) is 5.39. The van der Waals surface area contributed by atoms with E-state index < -0.39 is 17.8 Å². The zero-order valence-electron chi connectivity index (χ0n) is 20.4. The number of amides is 1. The molecule has 1 amide bonds. The zero-order chi connectivity index (χ0) is 26.2. The van der Waals surface area contributed by atoms with Crippen LogP contribution in [-0.2, 0) is 11.0 Å². The number of fused-ring (bicyclic) bond motifs is 1. The summed E-state index contributed by atoms with van der Waals surface area (Å²) in [6, 6.07) is 6.42. The molecule has 1 saturated heterocycles. The number of halogens is 3. The number of ether oxygens (including phenoxy) is 2. The maximum absolute atomic E-state index is 13.3. The molecule has 2 aromatic carbocycles. The first-order valence-electron chi connectivity index (χ1n) is 11.5. The number of benzene rings is 2. The number of carbonyl (C=O) groups excluding carboxylic acids is 1. The van der Waals surface area contributed by atoms with Crippen molar-refractivity contribution in [1.29, 1.82) is 0 Å². The second-order valence-electron chi connectivity index (χ2n) is 8.89. The third-order valence-electron chi connectivity index (χ3n) is 6.14. The van der Waals surface area contributed by atoms with E-state index in [4.69, 9.17) is 15.2 Å². The number of likely N-dealkylation sites (tertiary alicyclic amines) is 1. The second-order valence-corrected chi connectivity index (χ2v) is 8.89. The Labute approximate surface area is 206 Å². The number of aryl methyl sites for hydroxylation is 1. The first-order valence-corrected chi connectivity index (χ1v) is 11.5. The van der Waals surface area contributed by atoms with E-state index in [1.165, 1.54) is 20.1 Å². The molecule has 4 rings (SSSR count). The van der Waals surface area contributed by atoms with E-state index in [9.17, 15) is 18.0 Å². The Balaban J connectivity index is 1.68. The van der Waals surface area contributed by atoms with Crippen LogP contribution in [0.2, 0.25) is 0 Å². The molecule has 1 aromatic heterocycles. The molecule has 3 aromatic rings. The molecule has 8 nitrogen and oxygen atoms in total. The molecule has 3 N–H and O–H groups in total. The van der Waals surface area contributed by atoms with Gasteiger partial charge in [-0.1, -0.05) is 0 Å². The lowest BCUT2D eigenvalue weighted by molar-refractivity contribution is -0.137. The summed E-state index contributed by atoms with van der Waals surface area (Å²) in [6.07, 6.45) is -4.03. The van der Waals surface area contributed by atoms with Gasteiger partial charge in [0.05, 0.1) is 30.8 Å². The van der Waals surface area contributed by atoms with Gasteiger partial charge in [-0.25, -0.2) is 9.97 Å². The Morgan fingerprint density at radius 3 is 2.58 bits per heavy atom. The minimum Gasteiger partial charge on any atom is -0.493 e. The molecule has 1 fully saturated rings. The molecule has 0 saturated carbocycles. The van der Waals surface area contributed by atoms with Crippen LogP contribution in [0.3, 0.4) is 0 Å². The SMILES string of the molecule is COc1cc2nc(C)nc(N[C@@H](C)c3cc(N)cc(C(F)(F)F)c3)c2cc1O[C@H]1CCN(C(C)=O)C1. The predicted octanol–water partition coefficient (Wildman–Crippen LogP) is 4.72. The van der Waals surface area contributed by atoms with Crippen LogP contribution in [0.4, 0.5) is 24.7 Å². The molecule has 1 aliphatic heterocycles. The Kier molecular flexibility index (Phi) is 6.83. The average molecular weight is 504 g/mol. The van der Waals surface area contributed by atoms with Crippen LogP contribution < -0.4 is 20.5 Å². The number of anilines is 2. The lowest BCUT2D eigenvalue weighted by Crippen LogP contribution is -2.28. The lowest BCUT2D eigenvalue weighted by Gasteiger charge is -2.21. The number of nitrogen functional groups attached to an aromatic ring is 1. The molecule has 1 aliphatic rings. The number of methoxy groups -OCH3 is 1. The van der Waals surface area contributed by atoms with Gasteiger partial charge in [-0.15, -0.1) is 0 Å². The number of nitrogens with one attached hydrogen (secondary N) is 1. The molecule has 192 valence electrons. The molecule has 0 aliphatic carbocycles. The summed E-state index contributed by atoms with van der Waals surface area (Å²) in [7, 11) is 1.53. The fraction of sp³-hybridized carbons (Fsp3) is 0.400. The summed E-state index contributed by atoms with van der Waals surface area (Å²) >= 11 is 0. The summed E-state index contributed by atoms with van der Waals surface area (Å²) < 4.78 is 51.6. The molecule has 0 spiro atoms. The van der Waals surface area contributed by atoms with Crippen molar-refractivity contribution in [3.8, 4) is 11.5 Å². The van der Waals surface area contributed by atoms with Gasteiger partial charge in [0.1, 0.15) is 17.7 Å². The Morgan fingerprint density at radius 2 is 1.94 bits per heavy atom. The van der Waals surface area contributed by atoms with Gasteiger partial charge in [-0.05, 0) is 43.7 Å². The Hall–Kier alpha value is -3.76. The van der Waals surface area contributed by atoms with Gasteiger partial charge in [-0.2, -0.15) is 13.2 Å². The van der Waals surface area contributed by atoms with Gasteiger partial charge in [0.15, 0.2) is 11.5 Å². The van der Waals surface area contributed by atoms with Crippen molar-refractivity contribution in [3.05, 3.63) is 47.3 Å². The molecular formula is C25H28F3N5O3. The van der Waals surface area contributed by atoms with Gasteiger partial charge in [-0.3, -0.25) is 4.79 Å². The molecule has 0 unspecified atom stereocenters. The van der Waals surface area contributed by atoms with Crippen molar-refractivity contribution in [2.24, 2.45) is 0 Å². The summed E-state index contributed by atoms with van der Waals surface area (Å²) in [5, 5.41) is 3.82. The van der Waals surface area contributed by atoms with E-state index in [2.05, 4.69) is 15.3 Å². The minimum absolute atomic E-state index is 0.00819. The summed E-state index contributed by atoms with van der Waals surface area (Å²) in [5.41, 5.74) is 5.91. The Morgan fingerprint density at radius 1 is 1.19 bits per heavy atom. The van der Waals surface area contributed by atoms with Gasteiger partial charge < -0.3 is 25.4 Å². The summed E-state index contributed by atoms with van der Waals surface area (Å²) in [4.78, 5) is 22.4. The molecule has 0 bridgehead atoms. The van der Waals surface area contributed by atoms with Crippen molar-refractivity contribution >= 4 is 28.3 Å². The van der Waals surface area contributed by atoms with Gasteiger partial charge >= 0.3 is 6.18 Å². The number of carbonyl (C=O) groups is 1. The van der Waals surface area contributed by atoms with Gasteiger partial charge in [0, 0.05) is 37.0 Å². The van der Waals surface area contributed by atoms with E-state index in [0.29, 0.717) is 59.1 Å². The molecule has 11 heteroatoms. The van der Waals surface area contributed by atoms with Crippen LogP contribution in [0.15, 0.2) is 30.3 Å². The standard InChI is InChI=1S/C25H28F3N5O3/c1-13(16-7-17(25(26,27)28)9-18(29)8-16)30-24-20-10-23(36-19-5-6-33(12-19)15(3)34)22(35-4)11-21(20)31-14(2)32-24/h7-11,13,19H,5-6,12,29H2,1-4H3,(H,30,31,32)/t13-,19-/m0/s1. The highest BCUT2D eigenvalue weighted by molar-refractivity contribution is 5.92. The highest BCUT2D eigenvalue weighted by atomic mass is 19.4. The largest absolute Gasteiger partial charge is 0.493 e. The second kappa shape index (κ2) is 9.71. The topological polar surface area (TPSA) is 103 Å². The van der Waals surface area contributed by atoms with E-state index in [1.807, 2.05) is 0 Å². The smallest absolute Gasteiger partial charge is 0.416 e. The molecular weight excluding hydrogens is 475 g/mol. The molecule has 36 heavy (non-hydrogen) atoms. The molecule has 2 heterocycles. The lowest BCUT2D eigenvalue weighted by atomic mass is 10.0. The van der Waals surface area contributed by atoms with E-state index in [0.717, 1.165) is 12.1 Å². The number of hydrogen-bond donors (Lipinski definition) is 2. The van der Waals surface area contributed by atoms with Crippen LogP contribution in [0, 0.1) is 6.92 Å². The molecule has 0 radical (unpaired) electrons. The third-order valence-corrected chi connectivity index (χ3v) is 6.14. The minimum atomic E-state index is -4.51. The average Bonchev–Trinajstić information content (AvgIpc) is 3.27. The van der Waals surface area contributed by atoms with Gasteiger partial charge in [0.2, 0.25) is 5.91 Å². The van der Waals surface area contributed by atoms with Crippen LogP contribution in [0.1, 0.15) is 43.3 Å². The van der Waals surface area contributed by atoms with Crippen LogP contribution >= 0.6 is 0 Å². The van der Waals surface area contributed by atoms with Crippen molar-refractivity contribution in [3.63, 3.8) is 0 Å². The number of aromatic nitrogens is 2. The van der Waals surface area contributed by atoms with E-state index in [-0.39, 0.29) is 17.7 Å². The number of nitrogens with zero attached hydrogens (tertiary/aromatic N) is 3. The number of nitrogens with two attached hydrogens (primary N) is 1. The van der Waals surface area contributed by atoms with Crippen molar-refractivity contribution < 1.29 is 27.4 Å². The van der Waals surface area contributed by atoms with Crippen LogP contribution in [0.25, 0.3) is 10.9 Å². The highest BCUT2D eigenvalue weighted by Gasteiger charge is 2.31. The van der Waals surface area contributed by atoms with E-state index >= 15 is 0 Å². The number of rotatable bonds is 6. The van der Waals surface area contributed by atoms with Crippen molar-refractivity contribution in [2.45, 2.75) is 45.5 Å². The first-order chi connectivity index (χ1) is 16.9. The quantitative estimate of drug-likeness (QED) is 0.469. The monoisotopic (exact) mass is 503 g/mol. The fourth-order valence-corrected chi connectivity index (χ4v) is 4.28. The Bertz CT molecular complexity index is 1300. The first kappa shape index (κ1) is 25.3. The predicted molar refractivity (Wildman–Crippen MR) is 130 cm³/mol. The van der Waals surface area contributed by atoms with Crippen LogP contribution in [0.5, 0.6) is 11.5 Å². The maximum Gasteiger partial charge on any atom is 0.416 e. The van der Waals surface area contributed by atoms with E-state index in [1.54, 1.807) is 30.9 Å². The highest BCUT2D eigenvalue weighted by Crippen LogP contribution is 2.37. The fourth-order valence-electron chi connectivity index (χ4n) is 4.28. The van der Waals surface area contributed by atoms with Crippen molar-refractivity contribution in [1.82, 2.24) is 14.9 Å². The number of hydrogen-bond acceptors (Lipinski definition) is 7. The molecule has 2 atom stereocenters. The van der Waals surface area contributed by atoms with Crippen molar-refractivity contribution in [2.75, 3.05) is 31.2 Å². The zero-order valence-corrected chi connectivity index (χ0v) is 20.4. The summed E-state index contributed by atoms with van der Waals surface area (Å²) in [6.45, 7) is 6.07. The van der Waals surface area contributed by atoms with Crippen LogP contribution in [-0.4, -0.2) is 47.1 Å². The van der Waals surface area contributed by atoms with Gasteiger partial charge in [0.25, 0.3) is 0 Å². The maximum atomic E-state index is 13.3. The summed E-state index contributed by atoms with van der Waals surface area (Å²) in [5.74, 6) is 1.85. The normalized spacial score (nSPS) is 16.8.